The SMILES string of the molecule is CNc1cccc(Bc2nn(C(C)(C)C)c3ncnc(N)c23)c1. The zero-order chi connectivity index (χ0) is 16.6. The molecule has 2 aromatic heterocycles. The minimum atomic E-state index is -0.176. The van der Waals surface area contributed by atoms with Gasteiger partial charge in [-0.1, -0.05) is 17.6 Å². The average molecular weight is 308 g/mol. The van der Waals surface area contributed by atoms with Crippen molar-refractivity contribution in [2.75, 3.05) is 18.1 Å². The van der Waals surface area contributed by atoms with Crippen molar-refractivity contribution < 1.29 is 0 Å². The molecule has 0 amide bonds. The second-order valence-electron chi connectivity index (χ2n) is 6.61. The number of hydrogen-bond donors (Lipinski definition) is 2. The second kappa shape index (κ2) is 5.57. The molecule has 1 aromatic carbocycles. The van der Waals surface area contributed by atoms with E-state index in [0.29, 0.717) is 13.1 Å². The summed E-state index contributed by atoms with van der Waals surface area (Å²) in [7, 11) is 2.60. The fourth-order valence-corrected chi connectivity index (χ4v) is 2.67. The molecule has 0 aliphatic heterocycles. The van der Waals surface area contributed by atoms with Crippen LogP contribution >= 0.6 is 0 Å². The van der Waals surface area contributed by atoms with Crippen LogP contribution in [0.15, 0.2) is 30.6 Å². The number of nitrogen functional groups attached to an aromatic ring is 1. The summed E-state index contributed by atoms with van der Waals surface area (Å²) in [5.41, 5.74) is 9.86. The molecule has 0 unspecified atom stereocenters. The van der Waals surface area contributed by atoms with E-state index in [1.807, 2.05) is 23.9 Å². The standard InChI is InChI=1S/C16H21BN6/c1-16(2,3)23-15-12(14(18)20-9-21-15)13(22-23)17-10-6-5-7-11(8-10)19-4/h5-9,17,19H,1-4H3,(H2,18,20,21). The van der Waals surface area contributed by atoms with Gasteiger partial charge in [-0.05, 0) is 32.9 Å². The van der Waals surface area contributed by atoms with E-state index in [2.05, 4.69) is 48.2 Å². The van der Waals surface area contributed by atoms with Crippen LogP contribution in [-0.2, 0) is 5.54 Å². The zero-order valence-electron chi connectivity index (χ0n) is 14.0. The van der Waals surface area contributed by atoms with Crippen LogP contribution in [0.25, 0.3) is 11.0 Å². The van der Waals surface area contributed by atoms with Crippen molar-refractivity contribution in [2.45, 2.75) is 26.3 Å². The van der Waals surface area contributed by atoms with Gasteiger partial charge in [0.25, 0.3) is 0 Å². The summed E-state index contributed by atoms with van der Waals surface area (Å²) in [5.74, 6) is 0.477. The largest absolute Gasteiger partial charge is 0.388 e. The third-order valence-corrected chi connectivity index (χ3v) is 3.79. The van der Waals surface area contributed by atoms with Gasteiger partial charge in [0, 0.05) is 18.3 Å². The van der Waals surface area contributed by atoms with Gasteiger partial charge in [-0.15, -0.1) is 0 Å². The quantitative estimate of drug-likeness (QED) is 0.692. The Bertz CT molecular complexity index is 849. The molecular formula is C16H21BN6. The highest BCUT2D eigenvalue weighted by molar-refractivity contribution is 6.69. The minimum absolute atomic E-state index is 0.176. The number of benzene rings is 1. The predicted octanol–water partition coefficient (Wildman–Crippen LogP) is 0.592. The second-order valence-corrected chi connectivity index (χ2v) is 6.61. The third kappa shape index (κ3) is 2.86. The Kier molecular flexibility index (Phi) is 3.71. The smallest absolute Gasteiger partial charge is 0.219 e. The van der Waals surface area contributed by atoms with Gasteiger partial charge in [-0.2, -0.15) is 5.10 Å². The van der Waals surface area contributed by atoms with Crippen molar-refractivity contribution >= 4 is 40.9 Å². The Morgan fingerprint density at radius 2 is 2.00 bits per heavy atom. The van der Waals surface area contributed by atoms with Crippen LogP contribution in [0.2, 0.25) is 0 Å². The van der Waals surface area contributed by atoms with E-state index in [1.54, 1.807) is 0 Å². The van der Waals surface area contributed by atoms with E-state index in [-0.39, 0.29) is 5.54 Å². The minimum Gasteiger partial charge on any atom is -0.388 e. The van der Waals surface area contributed by atoms with Crippen molar-refractivity contribution in [3.63, 3.8) is 0 Å². The predicted molar refractivity (Wildman–Crippen MR) is 97.1 cm³/mol. The highest BCUT2D eigenvalue weighted by Crippen LogP contribution is 2.21. The zero-order valence-corrected chi connectivity index (χ0v) is 14.0. The van der Waals surface area contributed by atoms with Crippen LogP contribution < -0.4 is 22.1 Å². The lowest BCUT2D eigenvalue weighted by molar-refractivity contribution is 0.367. The molecule has 0 atom stereocenters. The lowest BCUT2D eigenvalue weighted by Gasteiger charge is -2.19. The van der Waals surface area contributed by atoms with Crippen LogP contribution in [0.3, 0.4) is 0 Å². The van der Waals surface area contributed by atoms with Gasteiger partial charge in [-0.3, -0.25) is 0 Å². The van der Waals surface area contributed by atoms with E-state index in [1.165, 1.54) is 11.8 Å². The van der Waals surface area contributed by atoms with Crippen molar-refractivity contribution in [2.24, 2.45) is 0 Å². The number of fused-ring (bicyclic) bond motifs is 1. The van der Waals surface area contributed by atoms with E-state index >= 15 is 0 Å². The fourth-order valence-electron chi connectivity index (χ4n) is 2.67. The van der Waals surface area contributed by atoms with Gasteiger partial charge in [-0.25, -0.2) is 14.6 Å². The highest BCUT2D eigenvalue weighted by Gasteiger charge is 2.23. The number of aromatic nitrogens is 4. The summed E-state index contributed by atoms with van der Waals surface area (Å²) in [6, 6.07) is 8.27. The molecule has 3 aromatic rings. The number of nitrogens with zero attached hydrogens (tertiary/aromatic N) is 4. The molecular weight excluding hydrogens is 287 g/mol. The first kappa shape index (κ1) is 15.3. The Balaban J connectivity index is 2.13. The molecule has 2 heterocycles. The first-order chi connectivity index (χ1) is 10.9. The van der Waals surface area contributed by atoms with Crippen LogP contribution in [-0.4, -0.2) is 34.1 Å². The molecule has 0 saturated carbocycles. The normalized spacial score (nSPS) is 11.7. The number of rotatable bonds is 3. The summed E-state index contributed by atoms with van der Waals surface area (Å²) in [4.78, 5) is 8.54. The van der Waals surface area contributed by atoms with Gasteiger partial charge >= 0.3 is 0 Å². The molecule has 3 rings (SSSR count). The molecule has 0 saturated heterocycles. The van der Waals surface area contributed by atoms with E-state index in [9.17, 15) is 0 Å². The lowest BCUT2D eigenvalue weighted by Crippen LogP contribution is -2.31. The summed E-state index contributed by atoms with van der Waals surface area (Å²) in [6.07, 6.45) is 1.49. The molecule has 0 aliphatic rings. The van der Waals surface area contributed by atoms with Crippen LogP contribution in [0, 0.1) is 0 Å². The molecule has 7 heteroatoms. The van der Waals surface area contributed by atoms with Gasteiger partial charge in [0.05, 0.1) is 10.9 Å². The van der Waals surface area contributed by atoms with E-state index in [0.717, 1.165) is 22.3 Å². The van der Waals surface area contributed by atoms with Crippen LogP contribution in [0.1, 0.15) is 20.8 Å². The first-order valence-corrected chi connectivity index (χ1v) is 7.65. The van der Waals surface area contributed by atoms with Crippen molar-refractivity contribution in [3.8, 4) is 0 Å². The Labute approximate surface area is 136 Å². The average Bonchev–Trinajstić information content (AvgIpc) is 2.88. The maximum Gasteiger partial charge on any atom is 0.219 e. The van der Waals surface area contributed by atoms with Crippen molar-refractivity contribution in [1.29, 1.82) is 0 Å². The number of anilines is 2. The first-order valence-electron chi connectivity index (χ1n) is 7.65. The number of hydrogen-bond acceptors (Lipinski definition) is 5. The molecule has 0 spiro atoms. The summed E-state index contributed by atoms with van der Waals surface area (Å²) >= 11 is 0. The van der Waals surface area contributed by atoms with Crippen LogP contribution in [0.4, 0.5) is 11.5 Å². The summed E-state index contributed by atoms with van der Waals surface area (Å²) in [6.45, 7) is 6.30. The van der Waals surface area contributed by atoms with E-state index < -0.39 is 0 Å². The number of nitrogens with two attached hydrogens (primary N) is 1. The molecule has 3 N–H and O–H groups in total. The molecule has 6 nitrogen and oxygen atoms in total. The van der Waals surface area contributed by atoms with Gasteiger partial charge < -0.3 is 11.1 Å². The maximum absolute atomic E-state index is 6.11. The van der Waals surface area contributed by atoms with Crippen molar-refractivity contribution in [1.82, 2.24) is 19.7 Å². The van der Waals surface area contributed by atoms with Crippen molar-refractivity contribution in [3.05, 3.63) is 30.6 Å². The topological polar surface area (TPSA) is 81.7 Å². The maximum atomic E-state index is 6.11. The Hall–Kier alpha value is -2.57. The van der Waals surface area contributed by atoms with Gasteiger partial charge in [0.15, 0.2) is 5.65 Å². The Morgan fingerprint density at radius 3 is 2.70 bits per heavy atom. The van der Waals surface area contributed by atoms with Gasteiger partial charge in [0.1, 0.15) is 12.1 Å². The molecule has 0 radical (unpaired) electrons. The Morgan fingerprint density at radius 1 is 1.22 bits per heavy atom. The summed E-state index contributed by atoms with van der Waals surface area (Å²) in [5, 5.41) is 8.79. The molecule has 0 fully saturated rings. The van der Waals surface area contributed by atoms with Crippen LogP contribution in [0.5, 0.6) is 0 Å². The monoisotopic (exact) mass is 308 g/mol. The van der Waals surface area contributed by atoms with E-state index in [4.69, 9.17) is 10.8 Å². The molecule has 23 heavy (non-hydrogen) atoms. The lowest BCUT2D eigenvalue weighted by atomic mass is 9.66. The molecule has 118 valence electrons. The third-order valence-electron chi connectivity index (χ3n) is 3.79. The highest BCUT2D eigenvalue weighted by atomic mass is 15.3. The summed E-state index contributed by atoms with van der Waals surface area (Å²) < 4.78 is 1.93. The molecule has 0 bridgehead atoms. The number of nitrogens with one attached hydrogen (secondary N) is 1. The molecule has 0 aliphatic carbocycles. The van der Waals surface area contributed by atoms with Gasteiger partial charge in [0.2, 0.25) is 7.28 Å². The fraction of sp³-hybridized carbons (Fsp3) is 0.312.